The SMILES string of the molecule is Nc1nc2c(c(=O)[nH]1)CN(Cc1ccccc1)CC2. The van der Waals surface area contributed by atoms with Crippen molar-refractivity contribution in [2.75, 3.05) is 12.3 Å². The fourth-order valence-corrected chi connectivity index (χ4v) is 2.48. The molecular weight excluding hydrogens is 240 g/mol. The van der Waals surface area contributed by atoms with Crippen LogP contribution < -0.4 is 11.3 Å². The number of H-pyrrole nitrogens is 1. The van der Waals surface area contributed by atoms with Gasteiger partial charge in [-0.3, -0.25) is 14.7 Å². The number of anilines is 1. The number of hydrogen-bond donors (Lipinski definition) is 2. The molecule has 98 valence electrons. The van der Waals surface area contributed by atoms with Gasteiger partial charge in [-0.15, -0.1) is 0 Å². The van der Waals surface area contributed by atoms with Crippen molar-refractivity contribution in [2.45, 2.75) is 19.5 Å². The van der Waals surface area contributed by atoms with Crippen molar-refractivity contribution < 1.29 is 0 Å². The van der Waals surface area contributed by atoms with Crippen LogP contribution >= 0.6 is 0 Å². The molecule has 0 spiro atoms. The van der Waals surface area contributed by atoms with Crippen molar-refractivity contribution in [2.24, 2.45) is 0 Å². The molecule has 19 heavy (non-hydrogen) atoms. The van der Waals surface area contributed by atoms with Crippen LogP contribution in [0.25, 0.3) is 0 Å². The molecule has 2 aromatic rings. The van der Waals surface area contributed by atoms with Gasteiger partial charge >= 0.3 is 0 Å². The van der Waals surface area contributed by atoms with Gasteiger partial charge in [-0.1, -0.05) is 30.3 Å². The Morgan fingerprint density at radius 2 is 2.11 bits per heavy atom. The summed E-state index contributed by atoms with van der Waals surface area (Å²) in [6.45, 7) is 2.38. The van der Waals surface area contributed by atoms with E-state index < -0.39 is 0 Å². The van der Waals surface area contributed by atoms with Gasteiger partial charge in [0.2, 0.25) is 5.95 Å². The lowest BCUT2D eigenvalue weighted by Gasteiger charge is -2.27. The molecular formula is C14H16N4O. The van der Waals surface area contributed by atoms with Gasteiger partial charge in [-0.05, 0) is 5.56 Å². The molecule has 2 heterocycles. The minimum atomic E-state index is -0.111. The van der Waals surface area contributed by atoms with E-state index in [0.29, 0.717) is 6.54 Å². The van der Waals surface area contributed by atoms with E-state index in [1.165, 1.54) is 5.56 Å². The number of nitrogens with one attached hydrogen (secondary N) is 1. The fraction of sp³-hybridized carbons (Fsp3) is 0.286. The molecule has 0 bridgehead atoms. The van der Waals surface area contributed by atoms with Crippen molar-refractivity contribution in [3.05, 3.63) is 57.5 Å². The topological polar surface area (TPSA) is 75.0 Å². The van der Waals surface area contributed by atoms with Gasteiger partial charge in [0.05, 0.1) is 11.3 Å². The second-order valence-electron chi connectivity index (χ2n) is 4.82. The third kappa shape index (κ3) is 2.51. The highest BCUT2D eigenvalue weighted by Crippen LogP contribution is 2.16. The molecule has 3 N–H and O–H groups in total. The van der Waals surface area contributed by atoms with Crippen LogP contribution in [0.2, 0.25) is 0 Å². The first-order valence-electron chi connectivity index (χ1n) is 6.36. The van der Waals surface area contributed by atoms with Crippen LogP contribution in [0.1, 0.15) is 16.8 Å². The molecule has 0 saturated heterocycles. The number of nitrogens with zero attached hydrogens (tertiary/aromatic N) is 2. The predicted octanol–water partition coefficient (Wildman–Crippen LogP) is 0.910. The van der Waals surface area contributed by atoms with Gasteiger partial charge in [-0.25, -0.2) is 4.98 Å². The Morgan fingerprint density at radius 1 is 1.32 bits per heavy atom. The number of aromatic nitrogens is 2. The van der Waals surface area contributed by atoms with Crippen molar-refractivity contribution in [3.63, 3.8) is 0 Å². The highest BCUT2D eigenvalue weighted by atomic mass is 16.1. The number of hydrogen-bond acceptors (Lipinski definition) is 4. The number of fused-ring (bicyclic) bond motifs is 1. The molecule has 0 amide bonds. The lowest BCUT2D eigenvalue weighted by atomic mass is 10.1. The van der Waals surface area contributed by atoms with Gasteiger partial charge in [0.15, 0.2) is 0 Å². The average Bonchev–Trinajstić information content (AvgIpc) is 2.40. The van der Waals surface area contributed by atoms with Crippen LogP contribution in [-0.4, -0.2) is 21.4 Å². The third-order valence-electron chi connectivity index (χ3n) is 3.42. The molecule has 0 radical (unpaired) electrons. The van der Waals surface area contributed by atoms with E-state index in [4.69, 9.17) is 5.73 Å². The van der Waals surface area contributed by atoms with Gasteiger partial charge < -0.3 is 5.73 Å². The fourth-order valence-electron chi connectivity index (χ4n) is 2.48. The first-order chi connectivity index (χ1) is 9.22. The summed E-state index contributed by atoms with van der Waals surface area (Å²) >= 11 is 0. The maximum absolute atomic E-state index is 11.9. The molecule has 1 aromatic heterocycles. The summed E-state index contributed by atoms with van der Waals surface area (Å²) < 4.78 is 0. The summed E-state index contributed by atoms with van der Waals surface area (Å²) in [5.74, 6) is 0.209. The molecule has 5 nitrogen and oxygen atoms in total. The van der Waals surface area contributed by atoms with Crippen LogP contribution in [0.15, 0.2) is 35.1 Å². The number of rotatable bonds is 2. The molecule has 0 fully saturated rings. The second kappa shape index (κ2) is 4.85. The summed E-state index contributed by atoms with van der Waals surface area (Å²) in [5.41, 5.74) is 8.29. The summed E-state index contributed by atoms with van der Waals surface area (Å²) in [4.78, 5) is 20.9. The van der Waals surface area contributed by atoms with Crippen molar-refractivity contribution in [1.82, 2.24) is 14.9 Å². The van der Waals surface area contributed by atoms with Crippen LogP contribution in [0, 0.1) is 0 Å². The Morgan fingerprint density at radius 3 is 2.89 bits per heavy atom. The van der Waals surface area contributed by atoms with Crippen LogP contribution in [0.5, 0.6) is 0 Å². The zero-order valence-electron chi connectivity index (χ0n) is 10.6. The summed E-state index contributed by atoms with van der Waals surface area (Å²) in [5, 5.41) is 0. The minimum Gasteiger partial charge on any atom is -0.369 e. The summed E-state index contributed by atoms with van der Waals surface area (Å²) in [7, 11) is 0. The van der Waals surface area contributed by atoms with Crippen molar-refractivity contribution >= 4 is 5.95 Å². The maximum Gasteiger partial charge on any atom is 0.257 e. The van der Waals surface area contributed by atoms with Gasteiger partial charge in [0.25, 0.3) is 5.56 Å². The molecule has 0 atom stereocenters. The predicted molar refractivity (Wildman–Crippen MR) is 73.5 cm³/mol. The summed E-state index contributed by atoms with van der Waals surface area (Å²) in [6.07, 6.45) is 0.774. The van der Waals surface area contributed by atoms with E-state index >= 15 is 0 Å². The molecule has 0 aliphatic carbocycles. The van der Waals surface area contributed by atoms with Crippen LogP contribution in [0.4, 0.5) is 5.95 Å². The Hall–Kier alpha value is -2.14. The van der Waals surface area contributed by atoms with E-state index in [9.17, 15) is 4.79 Å². The number of nitrogens with two attached hydrogens (primary N) is 1. The largest absolute Gasteiger partial charge is 0.369 e. The number of benzene rings is 1. The number of nitrogen functional groups attached to an aromatic ring is 1. The Bertz CT molecular complexity index is 636. The molecule has 0 saturated carbocycles. The Labute approximate surface area is 111 Å². The second-order valence-corrected chi connectivity index (χ2v) is 4.82. The molecule has 3 rings (SSSR count). The number of aromatic amines is 1. The maximum atomic E-state index is 11.9. The zero-order valence-corrected chi connectivity index (χ0v) is 10.6. The Balaban J connectivity index is 1.81. The third-order valence-corrected chi connectivity index (χ3v) is 3.42. The van der Waals surface area contributed by atoms with Crippen LogP contribution in [-0.2, 0) is 19.5 Å². The standard InChI is InChI=1S/C14H16N4O/c15-14-16-12-6-7-18(9-11(12)13(19)17-14)8-10-4-2-1-3-5-10/h1-5H,6-9H2,(H3,15,16,17,19). The summed E-state index contributed by atoms with van der Waals surface area (Å²) in [6, 6.07) is 10.3. The first-order valence-corrected chi connectivity index (χ1v) is 6.36. The normalized spacial score (nSPS) is 15.2. The molecule has 1 aliphatic heterocycles. The van der Waals surface area contributed by atoms with Gasteiger partial charge in [0.1, 0.15) is 0 Å². The smallest absolute Gasteiger partial charge is 0.257 e. The van der Waals surface area contributed by atoms with Crippen molar-refractivity contribution in [1.29, 1.82) is 0 Å². The lowest BCUT2D eigenvalue weighted by molar-refractivity contribution is 0.242. The van der Waals surface area contributed by atoms with E-state index in [-0.39, 0.29) is 11.5 Å². The van der Waals surface area contributed by atoms with Crippen molar-refractivity contribution in [3.8, 4) is 0 Å². The monoisotopic (exact) mass is 256 g/mol. The molecule has 1 aromatic carbocycles. The quantitative estimate of drug-likeness (QED) is 0.837. The average molecular weight is 256 g/mol. The lowest BCUT2D eigenvalue weighted by Crippen LogP contribution is -2.35. The molecule has 5 heteroatoms. The van der Waals surface area contributed by atoms with E-state index in [1.807, 2.05) is 18.2 Å². The van der Waals surface area contributed by atoms with Gasteiger partial charge in [-0.2, -0.15) is 0 Å². The first kappa shape index (κ1) is 11.9. The highest BCUT2D eigenvalue weighted by molar-refractivity contribution is 5.27. The Kier molecular flexibility index (Phi) is 3.05. The highest BCUT2D eigenvalue weighted by Gasteiger charge is 2.20. The zero-order chi connectivity index (χ0) is 13.2. The van der Waals surface area contributed by atoms with E-state index in [2.05, 4.69) is 27.0 Å². The van der Waals surface area contributed by atoms with E-state index in [1.54, 1.807) is 0 Å². The molecule has 1 aliphatic rings. The minimum absolute atomic E-state index is 0.111. The molecule has 0 unspecified atom stereocenters. The van der Waals surface area contributed by atoms with Crippen LogP contribution in [0.3, 0.4) is 0 Å². The van der Waals surface area contributed by atoms with E-state index in [0.717, 1.165) is 30.8 Å². The van der Waals surface area contributed by atoms with Gasteiger partial charge in [0, 0.05) is 26.1 Å².